The molecule has 0 bridgehead atoms. The molecule has 3 rings (SSSR count). The van der Waals surface area contributed by atoms with Crippen LogP contribution < -0.4 is 11.1 Å². The molecule has 3 heterocycles. The molecule has 1 aliphatic rings. The molecular weight excluding hydrogens is 306 g/mol. The van der Waals surface area contributed by atoms with Gasteiger partial charge in [-0.2, -0.15) is 0 Å². The second-order valence-electron chi connectivity index (χ2n) is 5.85. The Balaban J connectivity index is 1.79. The van der Waals surface area contributed by atoms with E-state index in [0.717, 1.165) is 30.9 Å². The number of nitrogens with one attached hydrogen (secondary N) is 1. The zero-order chi connectivity index (χ0) is 16.9. The number of likely N-dealkylation sites (tertiary alicyclic amines) is 1. The average Bonchev–Trinajstić information content (AvgIpc) is 2.61. The van der Waals surface area contributed by atoms with Gasteiger partial charge in [-0.05, 0) is 19.8 Å². The first-order chi connectivity index (χ1) is 11.7. The molecule has 8 heteroatoms. The molecule has 0 saturated carbocycles. The lowest BCUT2D eigenvalue weighted by Gasteiger charge is -2.32. The first-order valence-electron chi connectivity index (χ1n) is 8.02. The van der Waals surface area contributed by atoms with E-state index in [1.807, 2.05) is 13.0 Å². The summed E-state index contributed by atoms with van der Waals surface area (Å²) in [5.74, 6) is 2.16. The lowest BCUT2D eigenvalue weighted by Crippen LogP contribution is -2.42. The number of anilines is 2. The first kappa shape index (κ1) is 16.3. The largest absolute Gasteiger partial charge is 0.341 e. The molecule has 0 radical (unpaired) electrons. The lowest BCUT2D eigenvalue weighted by atomic mass is 9.97. The third-order valence-corrected chi connectivity index (χ3v) is 4.00. The standard InChI is InChI=1S/C16H21N7O/c1-11-7-13(21-14-9-18-4-5-19-14)22-16(20-11)12-3-2-6-23(10-12)15(24)8-17/h4-5,7,9,12H,2-3,6,8,10,17H2,1H3,(H,19,20,21,22)/t12-/m1/s1. The van der Waals surface area contributed by atoms with Gasteiger partial charge >= 0.3 is 0 Å². The summed E-state index contributed by atoms with van der Waals surface area (Å²) in [4.78, 5) is 31.0. The highest BCUT2D eigenvalue weighted by Crippen LogP contribution is 2.26. The third-order valence-electron chi connectivity index (χ3n) is 4.00. The Bertz CT molecular complexity index is 707. The summed E-state index contributed by atoms with van der Waals surface area (Å²) in [5, 5.41) is 3.14. The predicted molar refractivity (Wildman–Crippen MR) is 89.7 cm³/mol. The van der Waals surface area contributed by atoms with Crippen LogP contribution >= 0.6 is 0 Å². The zero-order valence-electron chi connectivity index (χ0n) is 13.6. The summed E-state index contributed by atoms with van der Waals surface area (Å²) in [6.07, 6.45) is 6.77. The Labute approximate surface area is 140 Å². The molecule has 2 aromatic rings. The summed E-state index contributed by atoms with van der Waals surface area (Å²) < 4.78 is 0. The van der Waals surface area contributed by atoms with Crippen molar-refractivity contribution in [2.75, 3.05) is 25.0 Å². The number of nitrogens with two attached hydrogens (primary N) is 1. The van der Waals surface area contributed by atoms with E-state index in [1.54, 1.807) is 23.5 Å². The number of aryl methyl sites for hydroxylation is 1. The van der Waals surface area contributed by atoms with Gasteiger partial charge in [0, 0.05) is 43.2 Å². The van der Waals surface area contributed by atoms with Crippen LogP contribution in [-0.4, -0.2) is 50.4 Å². The van der Waals surface area contributed by atoms with Crippen LogP contribution in [0.1, 0.15) is 30.3 Å². The number of carbonyl (C=O) groups is 1. The Morgan fingerprint density at radius 3 is 3.00 bits per heavy atom. The molecule has 0 aromatic carbocycles. The minimum atomic E-state index is -0.0229. The number of piperidine rings is 1. The van der Waals surface area contributed by atoms with E-state index < -0.39 is 0 Å². The maximum atomic E-state index is 11.9. The molecule has 24 heavy (non-hydrogen) atoms. The monoisotopic (exact) mass is 327 g/mol. The molecule has 1 amide bonds. The van der Waals surface area contributed by atoms with Crippen molar-refractivity contribution in [3.63, 3.8) is 0 Å². The first-order valence-corrected chi connectivity index (χ1v) is 8.02. The van der Waals surface area contributed by atoms with Gasteiger partial charge in [-0.25, -0.2) is 15.0 Å². The van der Waals surface area contributed by atoms with E-state index >= 15 is 0 Å². The van der Waals surface area contributed by atoms with Crippen LogP contribution in [0.3, 0.4) is 0 Å². The van der Waals surface area contributed by atoms with E-state index in [-0.39, 0.29) is 18.4 Å². The van der Waals surface area contributed by atoms with Gasteiger partial charge in [-0.15, -0.1) is 0 Å². The minimum Gasteiger partial charge on any atom is -0.341 e. The van der Waals surface area contributed by atoms with Gasteiger partial charge in [0.2, 0.25) is 5.91 Å². The molecule has 2 aromatic heterocycles. The summed E-state index contributed by atoms with van der Waals surface area (Å²) >= 11 is 0. The maximum Gasteiger partial charge on any atom is 0.236 e. The lowest BCUT2D eigenvalue weighted by molar-refractivity contribution is -0.130. The number of carbonyl (C=O) groups excluding carboxylic acids is 1. The maximum absolute atomic E-state index is 11.9. The molecule has 1 fully saturated rings. The van der Waals surface area contributed by atoms with Gasteiger partial charge in [-0.1, -0.05) is 0 Å². The highest BCUT2D eigenvalue weighted by molar-refractivity contribution is 5.78. The fourth-order valence-corrected chi connectivity index (χ4v) is 2.88. The molecular formula is C16H21N7O. The van der Waals surface area contributed by atoms with Crippen molar-refractivity contribution >= 4 is 17.5 Å². The van der Waals surface area contributed by atoms with Crippen molar-refractivity contribution in [3.8, 4) is 0 Å². The highest BCUT2D eigenvalue weighted by Gasteiger charge is 2.26. The molecule has 126 valence electrons. The van der Waals surface area contributed by atoms with Crippen LogP contribution in [-0.2, 0) is 4.79 Å². The van der Waals surface area contributed by atoms with Crippen LogP contribution in [0, 0.1) is 6.92 Å². The molecule has 8 nitrogen and oxygen atoms in total. The molecule has 1 saturated heterocycles. The Morgan fingerprint density at radius 2 is 2.25 bits per heavy atom. The summed E-state index contributed by atoms with van der Waals surface area (Å²) in [5.41, 5.74) is 6.34. The Kier molecular flexibility index (Phi) is 4.95. The van der Waals surface area contributed by atoms with Crippen LogP contribution in [0.2, 0.25) is 0 Å². The number of hydrogen-bond donors (Lipinski definition) is 2. The number of amides is 1. The highest BCUT2D eigenvalue weighted by atomic mass is 16.2. The van der Waals surface area contributed by atoms with Gasteiger partial charge < -0.3 is 16.0 Å². The fourth-order valence-electron chi connectivity index (χ4n) is 2.88. The van der Waals surface area contributed by atoms with Crippen LogP contribution in [0.25, 0.3) is 0 Å². The van der Waals surface area contributed by atoms with E-state index in [1.165, 1.54) is 0 Å². The number of hydrogen-bond acceptors (Lipinski definition) is 7. The third kappa shape index (κ3) is 3.83. The number of aromatic nitrogens is 4. The van der Waals surface area contributed by atoms with Gasteiger partial charge in [0.05, 0.1) is 12.7 Å². The topological polar surface area (TPSA) is 110 Å². The minimum absolute atomic E-state index is 0.0229. The van der Waals surface area contributed by atoms with E-state index in [0.29, 0.717) is 18.2 Å². The second-order valence-corrected chi connectivity index (χ2v) is 5.85. The zero-order valence-corrected chi connectivity index (χ0v) is 13.6. The summed E-state index contributed by atoms with van der Waals surface area (Å²) in [6, 6.07) is 1.86. The van der Waals surface area contributed by atoms with Crippen LogP contribution in [0.5, 0.6) is 0 Å². The summed E-state index contributed by atoms with van der Waals surface area (Å²) in [7, 11) is 0. The van der Waals surface area contributed by atoms with Gasteiger partial charge in [0.25, 0.3) is 0 Å². The van der Waals surface area contributed by atoms with Crippen molar-refractivity contribution in [1.29, 1.82) is 0 Å². The fraction of sp³-hybridized carbons (Fsp3) is 0.438. The van der Waals surface area contributed by atoms with E-state index in [2.05, 4.69) is 25.3 Å². The smallest absolute Gasteiger partial charge is 0.236 e. The SMILES string of the molecule is Cc1cc(Nc2cnccn2)nc([C@@H]2CCCN(C(=O)CN)C2)n1. The summed E-state index contributed by atoms with van der Waals surface area (Å²) in [6.45, 7) is 3.34. The van der Waals surface area contributed by atoms with Crippen molar-refractivity contribution in [1.82, 2.24) is 24.8 Å². The van der Waals surface area contributed by atoms with E-state index in [9.17, 15) is 4.79 Å². The van der Waals surface area contributed by atoms with Gasteiger partial charge in [0.1, 0.15) is 17.5 Å². The average molecular weight is 327 g/mol. The van der Waals surface area contributed by atoms with Crippen LogP contribution in [0.4, 0.5) is 11.6 Å². The number of nitrogens with zero attached hydrogens (tertiary/aromatic N) is 5. The normalized spacial score (nSPS) is 17.6. The van der Waals surface area contributed by atoms with Crippen molar-refractivity contribution in [2.45, 2.75) is 25.7 Å². The van der Waals surface area contributed by atoms with Crippen molar-refractivity contribution in [3.05, 3.63) is 36.2 Å². The molecule has 0 unspecified atom stereocenters. The van der Waals surface area contributed by atoms with Gasteiger partial charge in [0.15, 0.2) is 0 Å². The molecule has 0 spiro atoms. The van der Waals surface area contributed by atoms with E-state index in [4.69, 9.17) is 5.73 Å². The van der Waals surface area contributed by atoms with Crippen LogP contribution in [0.15, 0.2) is 24.7 Å². The Hall–Kier alpha value is -2.61. The molecule has 3 N–H and O–H groups in total. The van der Waals surface area contributed by atoms with Gasteiger partial charge in [-0.3, -0.25) is 9.78 Å². The number of rotatable bonds is 4. The quantitative estimate of drug-likeness (QED) is 0.861. The second kappa shape index (κ2) is 7.31. The molecule has 1 atom stereocenters. The van der Waals surface area contributed by atoms with Crippen molar-refractivity contribution < 1.29 is 4.79 Å². The van der Waals surface area contributed by atoms with Crippen molar-refractivity contribution in [2.24, 2.45) is 5.73 Å². The molecule has 0 aliphatic carbocycles. The molecule has 1 aliphatic heterocycles. The Morgan fingerprint density at radius 1 is 1.38 bits per heavy atom. The predicted octanol–water partition coefficient (Wildman–Crippen LogP) is 0.983.